The highest BCUT2D eigenvalue weighted by Crippen LogP contribution is 2.24. The number of ether oxygens (including phenoxy) is 1. The average molecular weight is 401 g/mol. The first-order valence-corrected chi connectivity index (χ1v) is 8.34. The molecular formula is C19H13ClN2O6. The molecule has 8 nitrogen and oxygen atoms in total. The van der Waals surface area contributed by atoms with Crippen LogP contribution in [0.15, 0.2) is 54.1 Å². The lowest BCUT2D eigenvalue weighted by molar-refractivity contribution is -0.139. The van der Waals surface area contributed by atoms with E-state index >= 15 is 0 Å². The minimum atomic E-state index is -1.11. The first kappa shape index (κ1) is 19.1. The lowest BCUT2D eigenvalue weighted by atomic mass is 10.1. The Bertz CT molecular complexity index is 982. The molecule has 0 aliphatic carbocycles. The summed E-state index contributed by atoms with van der Waals surface area (Å²) in [5.74, 6) is -2.38. The van der Waals surface area contributed by atoms with Crippen LogP contribution in [0.5, 0.6) is 5.75 Å². The van der Waals surface area contributed by atoms with Crippen molar-refractivity contribution in [1.82, 2.24) is 5.32 Å². The number of barbiturate groups is 1. The molecule has 2 N–H and O–H groups in total. The second kappa shape index (κ2) is 7.93. The summed E-state index contributed by atoms with van der Waals surface area (Å²) in [6, 6.07) is 11.3. The molecule has 2 aromatic carbocycles. The molecule has 1 aliphatic heterocycles. The molecule has 4 amide bonds. The maximum absolute atomic E-state index is 12.7. The van der Waals surface area contributed by atoms with Crippen LogP contribution in [0, 0.1) is 0 Å². The molecule has 2 aromatic rings. The molecule has 0 saturated carbocycles. The van der Waals surface area contributed by atoms with Gasteiger partial charge in [-0.2, -0.15) is 0 Å². The van der Waals surface area contributed by atoms with Gasteiger partial charge in [0, 0.05) is 5.02 Å². The summed E-state index contributed by atoms with van der Waals surface area (Å²) < 4.78 is 5.02. The van der Waals surface area contributed by atoms with Gasteiger partial charge >= 0.3 is 12.0 Å². The molecule has 142 valence electrons. The Balaban J connectivity index is 1.86. The Labute approximate surface area is 164 Å². The van der Waals surface area contributed by atoms with Gasteiger partial charge in [0.05, 0.1) is 5.69 Å². The standard InChI is InChI=1S/C19H13ClN2O6/c20-12-3-5-13(6-4-12)22-18(26)15(17(25)21-19(22)27)9-11-1-7-14(8-2-11)28-10-16(23)24/h1-9H,10H2,(H,23,24)(H,21,25,27)/b15-9+. The Kier molecular flexibility index (Phi) is 5.42. The molecule has 3 rings (SSSR count). The molecule has 0 aromatic heterocycles. The second-order valence-corrected chi connectivity index (χ2v) is 6.12. The van der Waals surface area contributed by atoms with Crippen molar-refractivity contribution < 1.29 is 29.0 Å². The van der Waals surface area contributed by atoms with Gasteiger partial charge in [0.1, 0.15) is 11.3 Å². The Hall–Kier alpha value is -3.65. The van der Waals surface area contributed by atoms with E-state index in [-0.39, 0.29) is 11.3 Å². The van der Waals surface area contributed by atoms with E-state index in [1.807, 2.05) is 0 Å². The Morgan fingerprint density at radius 1 is 1.07 bits per heavy atom. The predicted molar refractivity (Wildman–Crippen MR) is 100 cm³/mol. The van der Waals surface area contributed by atoms with Gasteiger partial charge in [-0.25, -0.2) is 14.5 Å². The van der Waals surface area contributed by atoms with E-state index in [2.05, 4.69) is 5.32 Å². The maximum Gasteiger partial charge on any atom is 0.341 e. The number of rotatable bonds is 5. The van der Waals surface area contributed by atoms with Crippen LogP contribution in [0.4, 0.5) is 10.5 Å². The summed E-state index contributed by atoms with van der Waals surface area (Å²) in [4.78, 5) is 48.3. The van der Waals surface area contributed by atoms with Crippen LogP contribution in [0.1, 0.15) is 5.56 Å². The van der Waals surface area contributed by atoms with Gasteiger partial charge in [-0.3, -0.25) is 14.9 Å². The van der Waals surface area contributed by atoms with Gasteiger partial charge in [0.15, 0.2) is 6.61 Å². The highest BCUT2D eigenvalue weighted by molar-refractivity contribution is 6.39. The van der Waals surface area contributed by atoms with Crippen molar-refractivity contribution in [2.75, 3.05) is 11.5 Å². The molecule has 28 heavy (non-hydrogen) atoms. The predicted octanol–water partition coefficient (Wildman–Crippen LogP) is 2.47. The van der Waals surface area contributed by atoms with E-state index in [1.165, 1.54) is 42.5 Å². The minimum Gasteiger partial charge on any atom is -0.482 e. The summed E-state index contributed by atoms with van der Waals surface area (Å²) in [7, 11) is 0. The van der Waals surface area contributed by atoms with Crippen LogP contribution in [0.3, 0.4) is 0 Å². The number of aliphatic carboxylic acids is 1. The summed E-state index contributed by atoms with van der Waals surface area (Å²) in [6.07, 6.45) is 1.33. The number of carboxylic acids is 1. The van der Waals surface area contributed by atoms with Gasteiger partial charge in [-0.1, -0.05) is 23.7 Å². The highest BCUT2D eigenvalue weighted by Gasteiger charge is 2.36. The van der Waals surface area contributed by atoms with E-state index in [0.29, 0.717) is 16.3 Å². The van der Waals surface area contributed by atoms with Crippen LogP contribution in [0.2, 0.25) is 5.02 Å². The van der Waals surface area contributed by atoms with Gasteiger partial charge in [-0.15, -0.1) is 0 Å². The number of nitrogens with one attached hydrogen (secondary N) is 1. The lowest BCUT2D eigenvalue weighted by Crippen LogP contribution is -2.54. The first-order valence-electron chi connectivity index (χ1n) is 7.97. The summed E-state index contributed by atoms with van der Waals surface area (Å²) in [5, 5.41) is 11.2. The van der Waals surface area contributed by atoms with Crippen molar-refractivity contribution in [1.29, 1.82) is 0 Å². The van der Waals surface area contributed by atoms with Crippen LogP contribution in [-0.2, 0) is 14.4 Å². The SMILES string of the molecule is O=C(O)COc1ccc(/C=C2\C(=O)NC(=O)N(c3ccc(Cl)cc3)C2=O)cc1. The van der Waals surface area contributed by atoms with Crippen molar-refractivity contribution in [3.8, 4) is 5.75 Å². The smallest absolute Gasteiger partial charge is 0.341 e. The number of halogens is 1. The minimum absolute atomic E-state index is 0.228. The van der Waals surface area contributed by atoms with Crippen molar-refractivity contribution in [2.24, 2.45) is 0 Å². The zero-order valence-corrected chi connectivity index (χ0v) is 15.0. The molecule has 1 fully saturated rings. The molecule has 1 saturated heterocycles. The number of anilines is 1. The number of hydrogen-bond acceptors (Lipinski definition) is 5. The highest BCUT2D eigenvalue weighted by atomic mass is 35.5. The molecule has 9 heteroatoms. The molecule has 1 aliphatic rings. The van der Waals surface area contributed by atoms with E-state index in [1.54, 1.807) is 12.1 Å². The van der Waals surface area contributed by atoms with Crippen LogP contribution < -0.4 is 15.0 Å². The number of urea groups is 1. The van der Waals surface area contributed by atoms with E-state index < -0.39 is 30.4 Å². The van der Waals surface area contributed by atoms with Gasteiger partial charge < -0.3 is 9.84 Å². The van der Waals surface area contributed by atoms with Gasteiger partial charge in [0.25, 0.3) is 11.8 Å². The zero-order valence-electron chi connectivity index (χ0n) is 14.2. The summed E-state index contributed by atoms with van der Waals surface area (Å²) >= 11 is 5.82. The third kappa shape index (κ3) is 4.18. The maximum atomic E-state index is 12.7. The monoisotopic (exact) mass is 400 g/mol. The second-order valence-electron chi connectivity index (χ2n) is 5.69. The van der Waals surface area contributed by atoms with E-state index in [9.17, 15) is 19.2 Å². The molecule has 0 unspecified atom stereocenters. The third-order valence-electron chi connectivity index (χ3n) is 3.74. The molecule has 0 radical (unpaired) electrons. The van der Waals surface area contributed by atoms with E-state index in [0.717, 1.165) is 4.90 Å². The van der Waals surface area contributed by atoms with Crippen molar-refractivity contribution >= 4 is 47.2 Å². The van der Waals surface area contributed by atoms with Crippen molar-refractivity contribution in [2.45, 2.75) is 0 Å². The number of imide groups is 2. The largest absolute Gasteiger partial charge is 0.482 e. The van der Waals surface area contributed by atoms with Crippen LogP contribution >= 0.6 is 11.6 Å². The Morgan fingerprint density at radius 3 is 2.32 bits per heavy atom. The summed E-state index contributed by atoms with van der Waals surface area (Å²) in [5.41, 5.74) is 0.531. The number of carbonyl (C=O) groups excluding carboxylic acids is 3. The fourth-order valence-electron chi connectivity index (χ4n) is 2.45. The lowest BCUT2D eigenvalue weighted by Gasteiger charge is -2.26. The normalized spacial score (nSPS) is 15.5. The van der Waals surface area contributed by atoms with Crippen LogP contribution in [-0.4, -0.2) is 35.5 Å². The molecule has 0 bridgehead atoms. The fourth-order valence-corrected chi connectivity index (χ4v) is 2.58. The molecule has 1 heterocycles. The molecular weight excluding hydrogens is 388 g/mol. The molecule has 0 spiro atoms. The Morgan fingerprint density at radius 2 is 1.71 bits per heavy atom. The quantitative estimate of drug-likeness (QED) is 0.588. The third-order valence-corrected chi connectivity index (χ3v) is 3.99. The van der Waals surface area contributed by atoms with Gasteiger partial charge in [-0.05, 0) is 48.0 Å². The fraction of sp³-hybridized carbons (Fsp3) is 0.0526. The number of carbonyl (C=O) groups is 4. The molecule has 0 atom stereocenters. The topological polar surface area (TPSA) is 113 Å². The number of benzene rings is 2. The van der Waals surface area contributed by atoms with Gasteiger partial charge in [0.2, 0.25) is 0 Å². The zero-order chi connectivity index (χ0) is 20.3. The van der Waals surface area contributed by atoms with E-state index in [4.69, 9.17) is 21.4 Å². The number of hydrogen-bond donors (Lipinski definition) is 2. The number of nitrogens with zero attached hydrogens (tertiary/aromatic N) is 1. The number of carboxylic acid groups (broad SMARTS) is 1. The first-order chi connectivity index (χ1) is 13.3. The average Bonchev–Trinajstić information content (AvgIpc) is 2.66. The van der Waals surface area contributed by atoms with Crippen LogP contribution in [0.25, 0.3) is 6.08 Å². The van der Waals surface area contributed by atoms with Crippen molar-refractivity contribution in [3.63, 3.8) is 0 Å². The van der Waals surface area contributed by atoms with Crippen molar-refractivity contribution in [3.05, 3.63) is 64.7 Å². The summed E-state index contributed by atoms with van der Waals surface area (Å²) in [6.45, 7) is -0.487. The number of amides is 4.